The molecule has 0 spiro atoms. The van der Waals surface area contributed by atoms with Crippen LogP contribution in [0, 0.1) is 0 Å². The van der Waals surface area contributed by atoms with E-state index in [1.807, 2.05) is 0 Å². The summed E-state index contributed by atoms with van der Waals surface area (Å²) in [7, 11) is 0. The van der Waals surface area contributed by atoms with E-state index in [-0.39, 0.29) is 5.75 Å². The lowest BCUT2D eigenvalue weighted by Crippen LogP contribution is -2.32. The number of carbonyl (C=O) groups is 1. The first-order valence-corrected chi connectivity index (χ1v) is 8.17. The van der Waals surface area contributed by atoms with Crippen LogP contribution in [0.1, 0.15) is 5.56 Å². The zero-order valence-electron chi connectivity index (χ0n) is 13.2. The number of benzene rings is 2. The minimum absolute atomic E-state index is 0.254. The molecule has 0 saturated heterocycles. The minimum atomic E-state index is -1.13. The van der Waals surface area contributed by atoms with Crippen molar-refractivity contribution >= 4 is 39.0 Å². The molecule has 0 bridgehead atoms. The Morgan fingerprint density at radius 1 is 1.27 bits per heavy atom. The van der Waals surface area contributed by atoms with Gasteiger partial charge in [0.1, 0.15) is 5.75 Å². The van der Waals surface area contributed by atoms with Crippen molar-refractivity contribution in [2.75, 3.05) is 6.61 Å². The summed E-state index contributed by atoms with van der Waals surface area (Å²) in [6, 6.07) is 11.5. The topological polar surface area (TPSA) is 114 Å². The van der Waals surface area contributed by atoms with E-state index in [1.165, 1.54) is 6.21 Å². The van der Waals surface area contributed by atoms with Gasteiger partial charge < -0.3 is 14.8 Å². The third-order valence-corrected chi connectivity index (χ3v) is 3.91. The van der Waals surface area contributed by atoms with E-state index in [0.29, 0.717) is 25.6 Å². The molecule has 1 aromatic heterocycles. The molecule has 0 radical (unpaired) electrons. The Balaban J connectivity index is 2.04. The molecule has 0 aliphatic rings. The first-order valence-electron chi connectivity index (χ1n) is 7.38. The second-order valence-corrected chi connectivity index (χ2v) is 6.12. The fraction of sp³-hybridized carbons (Fsp3) is 0.0588. The summed E-state index contributed by atoms with van der Waals surface area (Å²) in [4.78, 5) is 37.8. The number of aliphatic carboxylic acids is 1. The Hall–Kier alpha value is -3.20. The summed E-state index contributed by atoms with van der Waals surface area (Å²) >= 11 is 3.29. The maximum Gasteiger partial charge on any atom is 0.349 e. The number of H-pyrrole nitrogens is 1. The number of nitrogens with zero attached hydrogens (tertiary/aromatic N) is 2. The van der Waals surface area contributed by atoms with Crippen molar-refractivity contribution in [3.8, 4) is 5.75 Å². The van der Waals surface area contributed by atoms with Crippen LogP contribution in [0.4, 0.5) is 0 Å². The predicted octanol–water partition coefficient (Wildman–Crippen LogP) is 1.80. The molecule has 0 aliphatic carbocycles. The highest BCUT2D eigenvalue weighted by Gasteiger charge is 2.08. The number of halogens is 1. The summed E-state index contributed by atoms with van der Waals surface area (Å²) in [5.74, 6) is -0.873. The first kappa shape index (κ1) is 17.6. The highest BCUT2D eigenvalue weighted by Crippen LogP contribution is 2.21. The quantitative estimate of drug-likeness (QED) is 0.614. The Kier molecular flexibility index (Phi) is 4.99. The minimum Gasteiger partial charge on any atom is -0.481 e. The van der Waals surface area contributed by atoms with Crippen LogP contribution < -0.4 is 16.0 Å². The number of carboxylic acid groups (broad SMARTS) is 1. The number of carboxylic acids is 1. The van der Waals surface area contributed by atoms with Crippen LogP contribution in [0.3, 0.4) is 0 Å². The smallest absolute Gasteiger partial charge is 0.349 e. The lowest BCUT2D eigenvalue weighted by Gasteiger charge is -2.07. The van der Waals surface area contributed by atoms with Crippen molar-refractivity contribution in [2.45, 2.75) is 0 Å². The standard InChI is InChI=1S/C17H12BrN3O5/c18-11-5-6-14(26-9-15(22)23)10(7-11)8-19-21-16(24)12-3-1-2-4-13(12)20-17(21)25/h1-8H,9H2,(H,20,25)(H,22,23). The third-order valence-electron chi connectivity index (χ3n) is 3.42. The highest BCUT2D eigenvalue weighted by atomic mass is 79.9. The molecule has 3 aromatic rings. The van der Waals surface area contributed by atoms with Crippen LogP contribution in [0.15, 0.2) is 61.6 Å². The second-order valence-electron chi connectivity index (χ2n) is 5.20. The van der Waals surface area contributed by atoms with Crippen LogP contribution in [-0.2, 0) is 4.79 Å². The number of hydrogen-bond donors (Lipinski definition) is 2. The molecule has 2 N–H and O–H groups in total. The lowest BCUT2D eigenvalue weighted by atomic mass is 10.2. The van der Waals surface area contributed by atoms with Crippen molar-refractivity contribution in [3.05, 3.63) is 73.3 Å². The van der Waals surface area contributed by atoms with Gasteiger partial charge in [-0.2, -0.15) is 5.10 Å². The first-order chi connectivity index (χ1) is 12.5. The number of rotatable bonds is 5. The number of aromatic nitrogens is 2. The van der Waals surface area contributed by atoms with Gasteiger partial charge in [-0.15, -0.1) is 4.68 Å². The van der Waals surface area contributed by atoms with Gasteiger partial charge >= 0.3 is 11.7 Å². The van der Waals surface area contributed by atoms with Gasteiger partial charge in [0.05, 0.1) is 17.1 Å². The average Bonchev–Trinajstić information content (AvgIpc) is 2.60. The van der Waals surface area contributed by atoms with Crippen LogP contribution in [0.2, 0.25) is 0 Å². The van der Waals surface area contributed by atoms with E-state index in [9.17, 15) is 14.4 Å². The molecule has 26 heavy (non-hydrogen) atoms. The summed E-state index contributed by atoms with van der Waals surface area (Å²) in [5.41, 5.74) is -0.432. The largest absolute Gasteiger partial charge is 0.481 e. The van der Waals surface area contributed by atoms with E-state index >= 15 is 0 Å². The number of fused-ring (bicyclic) bond motifs is 1. The van der Waals surface area contributed by atoms with Gasteiger partial charge in [0, 0.05) is 10.0 Å². The molecule has 2 aromatic carbocycles. The fourth-order valence-electron chi connectivity index (χ4n) is 2.27. The van der Waals surface area contributed by atoms with E-state index in [2.05, 4.69) is 26.0 Å². The molecule has 0 atom stereocenters. The van der Waals surface area contributed by atoms with E-state index < -0.39 is 23.8 Å². The molecular formula is C17H12BrN3O5. The number of nitrogens with one attached hydrogen (secondary N) is 1. The van der Waals surface area contributed by atoms with Crippen LogP contribution >= 0.6 is 15.9 Å². The normalized spacial score (nSPS) is 11.1. The molecule has 0 aliphatic heterocycles. The predicted molar refractivity (Wildman–Crippen MR) is 99.1 cm³/mol. The van der Waals surface area contributed by atoms with Crippen molar-refractivity contribution in [1.29, 1.82) is 0 Å². The number of hydrogen-bond acceptors (Lipinski definition) is 5. The Bertz CT molecular complexity index is 1130. The molecule has 0 saturated carbocycles. The van der Waals surface area contributed by atoms with Crippen LogP contribution in [0.5, 0.6) is 5.75 Å². The Morgan fingerprint density at radius 3 is 2.81 bits per heavy atom. The van der Waals surface area contributed by atoms with Crippen molar-refractivity contribution in [2.24, 2.45) is 5.10 Å². The fourth-order valence-corrected chi connectivity index (χ4v) is 2.65. The molecule has 0 amide bonds. The molecular weight excluding hydrogens is 406 g/mol. The third kappa shape index (κ3) is 3.72. The molecule has 132 valence electrons. The lowest BCUT2D eigenvalue weighted by molar-refractivity contribution is -0.139. The molecule has 0 unspecified atom stereocenters. The monoisotopic (exact) mass is 417 g/mol. The van der Waals surface area contributed by atoms with Crippen molar-refractivity contribution < 1.29 is 14.6 Å². The zero-order chi connectivity index (χ0) is 18.7. The number of aromatic amines is 1. The summed E-state index contributed by atoms with van der Waals surface area (Å²) < 4.78 is 6.58. The Morgan fingerprint density at radius 2 is 2.04 bits per heavy atom. The SMILES string of the molecule is O=C(O)COc1ccc(Br)cc1C=Nn1c(=O)[nH]c2ccccc2c1=O. The summed E-state index contributed by atoms with van der Waals surface area (Å²) in [6.07, 6.45) is 1.26. The summed E-state index contributed by atoms with van der Waals surface area (Å²) in [5, 5.41) is 13.0. The molecule has 8 nitrogen and oxygen atoms in total. The van der Waals surface area contributed by atoms with Crippen molar-refractivity contribution in [1.82, 2.24) is 9.66 Å². The van der Waals surface area contributed by atoms with Gasteiger partial charge in [-0.1, -0.05) is 28.1 Å². The van der Waals surface area contributed by atoms with E-state index in [1.54, 1.807) is 42.5 Å². The maximum atomic E-state index is 12.4. The van der Waals surface area contributed by atoms with Gasteiger partial charge in [0.2, 0.25) is 0 Å². The van der Waals surface area contributed by atoms with E-state index in [0.717, 1.165) is 0 Å². The molecule has 1 heterocycles. The van der Waals surface area contributed by atoms with Gasteiger partial charge in [-0.25, -0.2) is 9.59 Å². The van der Waals surface area contributed by atoms with Gasteiger partial charge in [0.15, 0.2) is 6.61 Å². The van der Waals surface area contributed by atoms with Crippen LogP contribution in [-0.4, -0.2) is 33.6 Å². The molecule has 3 rings (SSSR count). The molecule has 0 fully saturated rings. The number of para-hydroxylation sites is 1. The van der Waals surface area contributed by atoms with Gasteiger partial charge in [0.25, 0.3) is 5.56 Å². The maximum absolute atomic E-state index is 12.4. The average molecular weight is 418 g/mol. The number of ether oxygens (including phenoxy) is 1. The second kappa shape index (κ2) is 7.36. The zero-order valence-corrected chi connectivity index (χ0v) is 14.8. The van der Waals surface area contributed by atoms with Crippen molar-refractivity contribution in [3.63, 3.8) is 0 Å². The van der Waals surface area contributed by atoms with Gasteiger partial charge in [-0.05, 0) is 30.3 Å². The highest BCUT2D eigenvalue weighted by molar-refractivity contribution is 9.10. The van der Waals surface area contributed by atoms with Crippen LogP contribution in [0.25, 0.3) is 10.9 Å². The Labute approximate surface area is 154 Å². The summed E-state index contributed by atoms with van der Waals surface area (Å²) in [6.45, 7) is -0.529. The van der Waals surface area contributed by atoms with E-state index in [4.69, 9.17) is 9.84 Å². The van der Waals surface area contributed by atoms with Gasteiger partial charge in [-0.3, -0.25) is 4.79 Å². The molecule has 9 heteroatoms.